The van der Waals surface area contributed by atoms with Crippen LogP contribution in [-0.4, -0.2) is 22.6 Å². The monoisotopic (exact) mass is 178 g/mol. The zero-order chi connectivity index (χ0) is 8.85. The van der Waals surface area contributed by atoms with E-state index in [1.807, 2.05) is 6.92 Å². The van der Waals surface area contributed by atoms with Gasteiger partial charge in [0.1, 0.15) is 0 Å². The molecule has 0 rings (SSSR count). The fraction of sp³-hybridized carbons (Fsp3) is 0.857. The minimum absolute atomic E-state index is 0.337. The van der Waals surface area contributed by atoms with Gasteiger partial charge >= 0.3 is 5.97 Å². The van der Waals surface area contributed by atoms with Crippen LogP contribution in [0.2, 0.25) is 0 Å². The molecule has 0 saturated carbocycles. The molecular weight excluding hydrogens is 164 g/mol. The van der Waals surface area contributed by atoms with Crippen LogP contribution < -0.4 is 0 Å². The Hall–Kier alpha value is -0.220. The van der Waals surface area contributed by atoms with Gasteiger partial charge in [-0.05, 0) is 13.3 Å². The summed E-state index contributed by atoms with van der Waals surface area (Å²) in [6, 6.07) is 0. The Morgan fingerprint density at radius 3 is 2.64 bits per heavy atom. The Balaban J connectivity index is 3.57. The van der Waals surface area contributed by atoms with E-state index < -0.39 is 6.29 Å². The molecule has 2 unspecified atom stereocenters. The maximum atomic E-state index is 10.7. The van der Waals surface area contributed by atoms with Crippen LogP contribution in [0.1, 0.15) is 26.7 Å². The highest BCUT2D eigenvalue weighted by molar-refractivity contribution is 7.81. The lowest BCUT2D eigenvalue weighted by molar-refractivity contribution is -0.167. The topological polar surface area (TPSA) is 46.5 Å². The Bertz CT molecular complexity index is 125. The van der Waals surface area contributed by atoms with Gasteiger partial charge in [-0.3, -0.25) is 4.79 Å². The third kappa shape index (κ3) is 5.09. The van der Waals surface area contributed by atoms with Gasteiger partial charge in [0, 0.05) is 6.42 Å². The highest BCUT2D eigenvalue weighted by Gasteiger charge is 2.13. The van der Waals surface area contributed by atoms with Crippen LogP contribution in [0.5, 0.6) is 0 Å². The summed E-state index contributed by atoms with van der Waals surface area (Å²) >= 11 is 3.91. The molecule has 0 spiro atoms. The lowest BCUT2D eigenvalue weighted by Crippen LogP contribution is -2.24. The number of carbonyl (C=O) groups is 1. The molecule has 0 aromatic rings. The highest BCUT2D eigenvalue weighted by Crippen LogP contribution is 2.04. The second-order valence-corrected chi connectivity index (χ2v) is 3.19. The maximum absolute atomic E-state index is 10.7. The molecule has 0 aromatic carbocycles. The minimum Gasteiger partial charge on any atom is -0.435 e. The number of ether oxygens (including phenoxy) is 1. The van der Waals surface area contributed by atoms with Crippen LogP contribution in [0, 0.1) is 0 Å². The van der Waals surface area contributed by atoms with Crippen molar-refractivity contribution in [3.63, 3.8) is 0 Å². The van der Waals surface area contributed by atoms with Crippen LogP contribution in [-0.2, 0) is 9.53 Å². The predicted octanol–water partition coefficient (Wildman–Crippen LogP) is 0.966. The molecule has 0 radical (unpaired) electrons. The van der Waals surface area contributed by atoms with E-state index in [9.17, 15) is 4.79 Å². The van der Waals surface area contributed by atoms with Crippen LogP contribution in [0.15, 0.2) is 0 Å². The third-order valence-corrected chi connectivity index (χ3v) is 1.37. The first-order valence-electron chi connectivity index (χ1n) is 3.63. The molecule has 0 aliphatic heterocycles. The number of hydrogen-bond donors (Lipinski definition) is 2. The summed E-state index contributed by atoms with van der Waals surface area (Å²) in [7, 11) is 0. The molecule has 3 nitrogen and oxygen atoms in total. The van der Waals surface area contributed by atoms with Gasteiger partial charge in [-0.25, -0.2) is 0 Å². The quantitative estimate of drug-likeness (QED) is 0.383. The summed E-state index contributed by atoms with van der Waals surface area (Å²) in [4.78, 5) is 10.7. The Kier molecular flexibility index (Phi) is 5.32. The Morgan fingerprint density at radius 2 is 2.27 bits per heavy atom. The van der Waals surface area contributed by atoms with Crippen molar-refractivity contribution >= 4 is 18.6 Å². The molecule has 0 amide bonds. The average Bonchev–Trinajstić information content (AvgIpc) is 1.87. The van der Waals surface area contributed by atoms with E-state index in [0.717, 1.165) is 6.42 Å². The lowest BCUT2D eigenvalue weighted by Gasteiger charge is -2.13. The number of thiol groups is 1. The van der Waals surface area contributed by atoms with E-state index >= 15 is 0 Å². The normalized spacial score (nSPS) is 15.6. The summed E-state index contributed by atoms with van der Waals surface area (Å²) in [5.41, 5.74) is 0. The van der Waals surface area contributed by atoms with Crippen molar-refractivity contribution in [3.05, 3.63) is 0 Å². The predicted molar refractivity (Wildman–Crippen MR) is 45.5 cm³/mol. The first-order valence-corrected chi connectivity index (χ1v) is 4.15. The van der Waals surface area contributed by atoms with Crippen LogP contribution in [0.4, 0.5) is 0 Å². The number of carbonyl (C=O) groups excluding carboxylic acids is 1. The van der Waals surface area contributed by atoms with Crippen molar-refractivity contribution in [2.45, 2.75) is 38.2 Å². The molecule has 1 N–H and O–H groups in total. The molecule has 66 valence electrons. The molecule has 0 aliphatic carbocycles. The van der Waals surface area contributed by atoms with Crippen molar-refractivity contribution in [2.75, 3.05) is 0 Å². The molecule has 0 heterocycles. The fourth-order valence-corrected chi connectivity index (χ4v) is 0.557. The van der Waals surface area contributed by atoms with E-state index in [4.69, 9.17) is 5.11 Å². The van der Waals surface area contributed by atoms with Crippen LogP contribution in [0.25, 0.3) is 0 Å². The smallest absolute Gasteiger partial charge is 0.308 e. The molecule has 0 fully saturated rings. The molecular formula is C7H14O3S. The Labute approximate surface area is 72.2 Å². The summed E-state index contributed by atoms with van der Waals surface area (Å²) in [5, 5.41) is 8.67. The number of hydrogen-bond acceptors (Lipinski definition) is 4. The van der Waals surface area contributed by atoms with Crippen LogP contribution in [0.3, 0.4) is 0 Å². The largest absolute Gasteiger partial charge is 0.435 e. The van der Waals surface area contributed by atoms with E-state index in [1.54, 1.807) is 6.92 Å². The fourth-order valence-electron chi connectivity index (χ4n) is 0.496. The number of aliphatic hydroxyl groups excluding tert-OH is 1. The van der Waals surface area contributed by atoms with Gasteiger partial charge in [0.15, 0.2) is 0 Å². The van der Waals surface area contributed by atoms with Gasteiger partial charge in [-0.1, -0.05) is 6.92 Å². The average molecular weight is 178 g/mol. The Morgan fingerprint density at radius 1 is 1.73 bits per heavy atom. The maximum Gasteiger partial charge on any atom is 0.308 e. The van der Waals surface area contributed by atoms with Crippen molar-refractivity contribution in [2.24, 2.45) is 0 Å². The van der Waals surface area contributed by atoms with E-state index in [-0.39, 0.29) is 11.2 Å². The summed E-state index contributed by atoms with van der Waals surface area (Å²) in [6.07, 6.45) is -0.0123. The SMILES string of the molecule is CCCC(=O)OC(O)C(C)S. The van der Waals surface area contributed by atoms with Crippen molar-refractivity contribution in [3.8, 4) is 0 Å². The summed E-state index contributed by atoms with van der Waals surface area (Å²) in [5.74, 6) is -0.374. The van der Waals surface area contributed by atoms with Gasteiger partial charge in [0.05, 0.1) is 5.25 Å². The minimum atomic E-state index is -1.09. The molecule has 11 heavy (non-hydrogen) atoms. The van der Waals surface area contributed by atoms with E-state index in [1.165, 1.54) is 0 Å². The highest BCUT2D eigenvalue weighted by atomic mass is 32.1. The molecule has 0 aliphatic rings. The third-order valence-electron chi connectivity index (χ3n) is 1.12. The first kappa shape index (κ1) is 10.8. The summed E-state index contributed by atoms with van der Waals surface area (Å²) in [6.45, 7) is 3.53. The number of aliphatic hydroxyl groups is 1. The molecule has 0 saturated heterocycles. The first-order chi connectivity index (χ1) is 5.07. The van der Waals surface area contributed by atoms with Gasteiger partial charge < -0.3 is 9.84 Å². The van der Waals surface area contributed by atoms with Crippen LogP contribution >= 0.6 is 12.6 Å². The van der Waals surface area contributed by atoms with E-state index in [2.05, 4.69) is 17.4 Å². The second-order valence-electron chi connectivity index (χ2n) is 2.37. The van der Waals surface area contributed by atoms with Gasteiger partial charge in [-0.2, -0.15) is 12.6 Å². The van der Waals surface area contributed by atoms with Crippen molar-refractivity contribution < 1.29 is 14.6 Å². The van der Waals surface area contributed by atoms with E-state index in [0.29, 0.717) is 6.42 Å². The zero-order valence-corrected chi connectivity index (χ0v) is 7.67. The summed E-state index contributed by atoms with van der Waals surface area (Å²) < 4.78 is 4.59. The van der Waals surface area contributed by atoms with Crippen molar-refractivity contribution in [1.29, 1.82) is 0 Å². The number of rotatable bonds is 4. The molecule has 0 bridgehead atoms. The molecule has 4 heteroatoms. The second kappa shape index (κ2) is 5.43. The molecule has 2 atom stereocenters. The van der Waals surface area contributed by atoms with Crippen molar-refractivity contribution in [1.82, 2.24) is 0 Å². The molecule has 0 aromatic heterocycles. The zero-order valence-electron chi connectivity index (χ0n) is 6.78. The van der Waals surface area contributed by atoms with Gasteiger partial charge in [0.25, 0.3) is 0 Å². The van der Waals surface area contributed by atoms with Gasteiger partial charge in [0.2, 0.25) is 6.29 Å². The number of esters is 1. The standard InChI is InChI=1S/C7H14O3S/c1-3-4-6(8)10-7(9)5(2)11/h5,7,9,11H,3-4H2,1-2H3. The van der Waals surface area contributed by atoms with Gasteiger partial charge in [-0.15, -0.1) is 0 Å². The lowest BCUT2D eigenvalue weighted by atomic mass is 10.3.